The summed E-state index contributed by atoms with van der Waals surface area (Å²) in [6.45, 7) is 6.00. The van der Waals surface area contributed by atoms with E-state index in [9.17, 15) is 4.79 Å². The predicted octanol–water partition coefficient (Wildman–Crippen LogP) is 4.92. The van der Waals surface area contributed by atoms with Crippen LogP contribution in [0.2, 0.25) is 5.02 Å². The van der Waals surface area contributed by atoms with Crippen molar-refractivity contribution in [3.8, 4) is 0 Å². The number of carbonyl (C=O) groups is 1. The highest BCUT2D eigenvalue weighted by Gasteiger charge is 2.01. The molecule has 0 radical (unpaired) electrons. The summed E-state index contributed by atoms with van der Waals surface area (Å²) in [5.41, 5.74) is 4.99. The van der Waals surface area contributed by atoms with E-state index in [2.05, 4.69) is 11.4 Å². The van der Waals surface area contributed by atoms with Crippen LogP contribution in [0, 0.1) is 20.8 Å². The number of nitrogens with one attached hydrogen (secondary N) is 1. The molecule has 0 aliphatic rings. The van der Waals surface area contributed by atoms with Crippen molar-refractivity contribution in [1.82, 2.24) is 0 Å². The van der Waals surface area contributed by atoms with E-state index in [1.54, 1.807) is 6.08 Å². The number of benzene rings is 2. The maximum absolute atomic E-state index is 12.0. The number of hydrogen-bond acceptors (Lipinski definition) is 1. The highest BCUT2D eigenvalue weighted by atomic mass is 35.5. The molecular weight excluding hydrogens is 282 g/mol. The minimum absolute atomic E-state index is 0.169. The van der Waals surface area contributed by atoms with E-state index >= 15 is 0 Å². The van der Waals surface area contributed by atoms with Gasteiger partial charge in [-0.25, -0.2) is 0 Å². The van der Waals surface area contributed by atoms with Gasteiger partial charge in [0.15, 0.2) is 0 Å². The maximum Gasteiger partial charge on any atom is 0.248 e. The van der Waals surface area contributed by atoms with Crippen LogP contribution in [-0.4, -0.2) is 5.91 Å². The Morgan fingerprint density at radius 3 is 2.33 bits per heavy atom. The molecule has 0 unspecified atom stereocenters. The van der Waals surface area contributed by atoms with Crippen LogP contribution in [0.3, 0.4) is 0 Å². The third-order valence-electron chi connectivity index (χ3n) is 3.05. The minimum Gasteiger partial charge on any atom is -0.322 e. The zero-order chi connectivity index (χ0) is 15.4. The van der Waals surface area contributed by atoms with E-state index < -0.39 is 0 Å². The van der Waals surface area contributed by atoms with E-state index in [-0.39, 0.29) is 5.91 Å². The smallest absolute Gasteiger partial charge is 0.248 e. The summed E-state index contributed by atoms with van der Waals surface area (Å²) in [7, 11) is 0. The molecule has 0 spiro atoms. The van der Waals surface area contributed by atoms with Crippen molar-refractivity contribution in [2.24, 2.45) is 0 Å². The van der Waals surface area contributed by atoms with E-state index in [1.807, 2.05) is 51.1 Å². The Morgan fingerprint density at radius 1 is 1.00 bits per heavy atom. The normalized spacial score (nSPS) is 10.9. The Bertz CT molecular complexity index is 684. The van der Waals surface area contributed by atoms with Crippen LogP contribution in [0.1, 0.15) is 22.3 Å². The summed E-state index contributed by atoms with van der Waals surface area (Å²) in [5, 5.41) is 3.49. The van der Waals surface area contributed by atoms with Crippen LogP contribution < -0.4 is 5.32 Å². The lowest BCUT2D eigenvalue weighted by Gasteiger charge is -2.05. The van der Waals surface area contributed by atoms with Gasteiger partial charge in [0.2, 0.25) is 5.91 Å². The molecule has 2 aromatic carbocycles. The lowest BCUT2D eigenvalue weighted by molar-refractivity contribution is -0.111. The summed E-state index contributed by atoms with van der Waals surface area (Å²) >= 11 is 6.10. The van der Waals surface area contributed by atoms with Gasteiger partial charge >= 0.3 is 0 Å². The van der Waals surface area contributed by atoms with Gasteiger partial charge in [0.05, 0.1) is 0 Å². The molecule has 21 heavy (non-hydrogen) atoms. The fraction of sp³-hybridized carbons (Fsp3) is 0.167. The van der Waals surface area contributed by atoms with Gasteiger partial charge in [-0.2, -0.15) is 0 Å². The van der Waals surface area contributed by atoms with Crippen LogP contribution in [0.15, 0.2) is 42.5 Å². The lowest BCUT2D eigenvalue weighted by atomic mass is 10.1. The van der Waals surface area contributed by atoms with Gasteiger partial charge in [0.1, 0.15) is 0 Å². The summed E-state index contributed by atoms with van der Waals surface area (Å²) in [4.78, 5) is 12.0. The number of carbonyl (C=O) groups excluding carboxylic acids is 1. The third kappa shape index (κ3) is 4.47. The minimum atomic E-state index is -0.169. The van der Waals surface area contributed by atoms with E-state index in [0.717, 1.165) is 27.9 Å². The molecule has 0 saturated carbocycles. The molecule has 0 fully saturated rings. The van der Waals surface area contributed by atoms with Crippen molar-refractivity contribution < 1.29 is 4.79 Å². The first-order chi connectivity index (χ1) is 9.94. The van der Waals surface area contributed by atoms with Crippen molar-refractivity contribution in [2.75, 3.05) is 5.32 Å². The Morgan fingerprint density at radius 2 is 1.67 bits per heavy atom. The highest BCUT2D eigenvalue weighted by Crippen LogP contribution is 2.19. The molecule has 0 aromatic heterocycles. The molecule has 1 N–H and O–H groups in total. The summed E-state index contributed by atoms with van der Waals surface area (Å²) in [6.07, 6.45) is 3.23. The predicted molar refractivity (Wildman–Crippen MR) is 89.8 cm³/mol. The van der Waals surface area contributed by atoms with Crippen LogP contribution in [0.4, 0.5) is 5.69 Å². The van der Waals surface area contributed by atoms with Crippen LogP contribution in [0.25, 0.3) is 6.08 Å². The number of anilines is 1. The Labute approximate surface area is 130 Å². The van der Waals surface area contributed by atoms with Crippen molar-refractivity contribution in [3.63, 3.8) is 0 Å². The number of rotatable bonds is 3. The second-order valence-electron chi connectivity index (χ2n) is 5.22. The first-order valence-corrected chi connectivity index (χ1v) is 7.15. The lowest BCUT2D eigenvalue weighted by Crippen LogP contribution is -2.08. The van der Waals surface area contributed by atoms with E-state index in [4.69, 9.17) is 11.6 Å². The molecular formula is C18H18ClNO. The molecule has 0 heterocycles. The monoisotopic (exact) mass is 299 g/mol. The van der Waals surface area contributed by atoms with Crippen LogP contribution >= 0.6 is 11.6 Å². The maximum atomic E-state index is 12.0. The topological polar surface area (TPSA) is 29.1 Å². The second kappa shape index (κ2) is 6.59. The summed E-state index contributed by atoms with van der Waals surface area (Å²) in [5.74, 6) is -0.169. The summed E-state index contributed by atoms with van der Waals surface area (Å²) in [6, 6.07) is 11.7. The molecule has 0 aliphatic carbocycles. The van der Waals surface area contributed by atoms with Gasteiger partial charge in [0, 0.05) is 16.8 Å². The molecule has 2 aromatic rings. The fourth-order valence-electron chi connectivity index (χ4n) is 2.19. The van der Waals surface area contributed by atoms with Crippen molar-refractivity contribution in [1.29, 1.82) is 0 Å². The van der Waals surface area contributed by atoms with Crippen LogP contribution in [-0.2, 0) is 4.79 Å². The zero-order valence-corrected chi connectivity index (χ0v) is 13.2. The summed E-state index contributed by atoms with van der Waals surface area (Å²) < 4.78 is 0. The van der Waals surface area contributed by atoms with Crippen molar-refractivity contribution >= 4 is 29.3 Å². The average Bonchev–Trinajstić information content (AvgIpc) is 2.38. The molecule has 0 atom stereocenters. The largest absolute Gasteiger partial charge is 0.322 e. The molecule has 0 bridgehead atoms. The highest BCUT2D eigenvalue weighted by molar-refractivity contribution is 6.32. The molecule has 0 saturated heterocycles. The zero-order valence-electron chi connectivity index (χ0n) is 12.4. The second-order valence-corrected chi connectivity index (χ2v) is 5.63. The van der Waals surface area contributed by atoms with E-state index in [0.29, 0.717) is 5.02 Å². The van der Waals surface area contributed by atoms with Crippen molar-refractivity contribution in [2.45, 2.75) is 20.8 Å². The Balaban J connectivity index is 2.10. The average molecular weight is 300 g/mol. The third-order valence-corrected chi connectivity index (χ3v) is 3.40. The Kier molecular flexibility index (Phi) is 4.81. The van der Waals surface area contributed by atoms with Gasteiger partial charge in [0.25, 0.3) is 0 Å². The first-order valence-electron chi connectivity index (χ1n) is 6.77. The van der Waals surface area contributed by atoms with Crippen molar-refractivity contribution in [3.05, 3.63) is 69.8 Å². The number of amides is 1. The Hall–Kier alpha value is -2.06. The molecule has 108 valence electrons. The molecule has 0 aliphatic heterocycles. The van der Waals surface area contributed by atoms with Gasteiger partial charge < -0.3 is 5.32 Å². The first kappa shape index (κ1) is 15.3. The van der Waals surface area contributed by atoms with E-state index in [1.165, 1.54) is 6.08 Å². The fourth-order valence-corrected chi connectivity index (χ4v) is 2.37. The standard InChI is InChI=1S/C18H18ClNO/c1-12-4-6-17(19)15(9-12)5-7-18(21)20-16-10-13(2)8-14(3)11-16/h4-11H,1-3H3,(H,20,21). The van der Waals surface area contributed by atoms with Gasteiger partial charge in [-0.3, -0.25) is 4.79 Å². The molecule has 2 rings (SSSR count). The molecule has 2 nitrogen and oxygen atoms in total. The number of halogens is 1. The quantitative estimate of drug-likeness (QED) is 0.801. The van der Waals surface area contributed by atoms with Gasteiger partial charge in [-0.1, -0.05) is 35.4 Å². The molecule has 3 heteroatoms. The number of aryl methyl sites for hydroxylation is 3. The van der Waals surface area contributed by atoms with Gasteiger partial charge in [-0.05, 0) is 61.7 Å². The SMILES string of the molecule is Cc1cc(C)cc(NC(=O)C=Cc2cc(C)ccc2Cl)c1. The van der Waals surface area contributed by atoms with Crippen LogP contribution in [0.5, 0.6) is 0 Å². The number of hydrogen-bond donors (Lipinski definition) is 1. The molecule has 1 amide bonds. The van der Waals surface area contributed by atoms with Gasteiger partial charge in [-0.15, -0.1) is 0 Å².